The van der Waals surface area contributed by atoms with Gasteiger partial charge >= 0.3 is 0 Å². The number of unbranched alkanes of at least 4 members (excludes halogenated alkanes) is 2. The van der Waals surface area contributed by atoms with Crippen LogP contribution in [0, 0.1) is 11.4 Å². The van der Waals surface area contributed by atoms with E-state index in [9.17, 15) is 5.11 Å². The highest BCUT2D eigenvalue weighted by atomic mass is 32.1. The number of nitrogens with zero attached hydrogens (tertiary/aromatic N) is 1. The van der Waals surface area contributed by atoms with Gasteiger partial charge in [0.15, 0.2) is 11.5 Å². The molecule has 0 spiro atoms. The van der Waals surface area contributed by atoms with Crippen molar-refractivity contribution in [3.63, 3.8) is 0 Å². The van der Waals surface area contributed by atoms with E-state index >= 15 is 0 Å². The number of hydrogen-bond acceptors (Lipinski definition) is 3. The Labute approximate surface area is 108 Å². The van der Waals surface area contributed by atoms with Gasteiger partial charge in [-0.25, -0.2) is 0 Å². The third-order valence-electron chi connectivity index (χ3n) is 3.15. The molecule has 0 saturated carbocycles. The van der Waals surface area contributed by atoms with Gasteiger partial charge in [-0.05, 0) is 19.8 Å². The lowest BCUT2D eigenvalue weighted by molar-refractivity contribution is 0.389. The first-order chi connectivity index (χ1) is 8.04. The van der Waals surface area contributed by atoms with Crippen LogP contribution in [0.5, 0.6) is 11.5 Å². The summed E-state index contributed by atoms with van der Waals surface area (Å²) in [6, 6.07) is 0. The molecule has 0 bridgehead atoms. The highest BCUT2D eigenvalue weighted by Gasteiger charge is 2.14. The van der Waals surface area contributed by atoms with Gasteiger partial charge in [-0.2, -0.15) is 0 Å². The molecule has 0 atom stereocenters. The average Bonchev–Trinajstić information content (AvgIpc) is 2.32. The van der Waals surface area contributed by atoms with E-state index in [0.29, 0.717) is 10.3 Å². The number of methoxy groups -OCH3 is 1. The van der Waals surface area contributed by atoms with Crippen LogP contribution in [-0.2, 0) is 13.5 Å². The van der Waals surface area contributed by atoms with Crippen LogP contribution in [0.4, 0.5) is 0 Å². The molecular weight excluding hydrogens is 234 g/mol. The minimum atomic E-state index is 0.195. The van der Waals surface area contributed by atoms with E-state index in [1.54, 1.807) is 7.11 Å². The second-order valence-corrected chi connectivity index (χ2v) is 4.67. The van der Waals surface area contributed by atoms with Crippen LogP contribution in [0.2, 0.25) is 0 Å². The third-order valence-corrected chi connectivity index (χ3v) is 3.53. The monoisotopic (exact) mass is 255 g/mol. The predicted octanol–water partition coefficient (Wildman–Crippen LogP) is 3.51. The summed E-state index contributed by atoms with van der Waals surface area (Å²) in [4.78, 5) is 0. The fraction of sp³-hybridized carbons (Fsp3) is 0.615. The van der Waals surface area contributed by atoms with Crippen LogP contribution >= 0.6 is 12.2 Å². The quantitative estimate of drug-likeness (QED) is 0.646. The molecule has 0 amide bonds. The van der Waals surface area contributed by atoms with Crippen LogP contribution in [-0.4, -0.2) is 16.8 Å². The zero-order valence-electron chi connectivity index (χ0n) is 11.0. The highest BCUT2D eigenvalue weighted by molar-refractivity contribution is 7.71. The van der Waals surface area contributed by atoms with E-state index in [-0.39, 0.29) is 5.75 Å². The second-order valence-electron chi connectivity index (χ2n) is 4.26. The summed E-state index contributed by atoms with van der Waals surface area (Å²) < 4.78 is 7.63. The number of aromatic nitrogens is 1. The van der Waals surface area contributed by atoms with Crippen molar-refractivity contribution in [1.29, 1.82) is 0 Å². The van der Waals surface area contributed by atoms with E-state index < -0.39 is 0 Å². The minimum absolute atomic E-state index is 0.195. The Morgan fingerprint density at radius 2 is 2.00 bits per heavy atom. The van der Waals surface area contributed by atoms with Crippen molar-refractivity contribution >= 4 is 12.2 Å². The smallest absolute Gasteiger partial charge is 0.159 e. The molecule has 3 nitrogen and oxygen atoms in total. The SMILES string of the molecule is CCCCCc1c(O)c(=S)c(OC)c(C)n1C. The van der Waals surface area contributed by atoms with Gasteiger partial charge in [-0.1, -0.05) is 32.0 Å². The Morgan fingerprint density at radius 1 is 1.35 bits per heavy atom. The highest BCUT2D eigenvalue weighted by Crippen LogP contribution is 2.31. The molecule has 0 radical (unpaired) electrons. The molecule has 0 fully saturated rings. The fourth-order valence-corrected chi connectivity index (χ4v) is 2.33. The summed E-state index contributed by atoms with van der Waals surface area (Å²) in [5.74, 6) is 0.792. The number of aromatic hydroxyl groups is 1. The van der Waals surface area contributed by atoms with Crippen LogP contribution in [0.25, 0.3) is 0 Å². The minimum Gasteiger partial charge on any atom is -0.505 e. The van der Waals surface area contributed by atoms with Gasteiger partial charge < -0.3 is 14.4 Å². The maximum atomic E-state index is 10.1. The Balaban J connectivity index is 3.18. The van der Waals surface area contributed by atoms with Crippen molar-refractivity contribution in [3.05, 3.63) is 15.9 Å². The lowest BCUT2D eigenvalue weighted by Crippen LogP contribution is -2.08. The van der Waals surface area contributed by atoms with Crippen LogP contribution in [0.3, 0.4) is 0 Å². The topological polar surface area (TPSA) is 34.4 Å². The van der Waals surface area contributed by atoms with Crippen molar-refractivity contribution in [2.24, 2.45) is 7.05 Å². The molecule has 96 valence electrons. The van der Waals surface area contributed by atoms with Gasteiger partial charge in [0.2, 0.25) is 0 Å². The van der Waals surface area contributed by atoms with E-state index in [0.717, 1.165) is 30.7 Å². The number of rotatable bonds is 5. The van der Waals surface area contributed by atoms with Crippen LogP contribution < -0.4 is 4.74 Å². The molecule has 0 aromatic carbocycles. The lowest BCUT2D eigenvalue weighted by atomic mass is 10.1. The molecule has 0 aliphatic rings. The Bertz CT molecular complexity index is 452. The van der Waals surface area contributed by atoms with Crippen LogP contribution in [0.15, 0.2) is 0 Å². The summed E-state index contributed by atoms with van der Waals surface area (Å²) in [6.07, 6.45) is 4.25. The van der Waals surface area contributed by atoms with E-state index in [1.807, 2.05) is 18.5 Å². The largest absolute Gasteiger partial charge is 0.505 e. The molecule has 1 rings (SSSR count). The first-order valence-corrected chi connectivity index (χ1v) is 6.40. The van der Waals surface area contributed by atoms with Crippen molar-refractivity contribution < 1.29 is 9.84 Å². The van der Waals surface area contributed by atoms with Gasteiger partial charge in [-0.15, -0.1) is 0 Å². The second kappa shape index (κ2) is 6.05. The maximum Gasteiger partial charge on any atom is 0.159 e. The zero-order chi connectivity index (χ0) is 13.0. The average molecular weight is 255 g/mol. The van der Waals surface area contributed by atoms with Crippen molar-refractivity contribution in [2.75, 3.05) is 7.11 Å². The molecule has 0 aliphatic carbocycles. The Morgan fingerprint density at radius 3 is 2.53 bits per heavy atom. The fourth-order valence-electron chi connectivity index (χ4n) is 1.99. The van der Waals surface area contributed by atoms with Gasteiger partial charge in [0.1, 0.15) is 4.51 Å². The molecule has 1 heterocycles. The normalized spacial score (nSPS) is 10.6. The van der Waals surface area contributed by atoms with E-state index in [4.69, 9.17) is 17.0 Å². The van der Waals surface area contributed by atoms with Crippen LogP contribution in [0.1, 0.15) is 37.6 Å². The molecule has 1 aromatic rings. The molecule has 0 aliphatic heterocycles. The molecule has 17 heavy (non-hydrogen) atoms. The van der Waals surface area contributed by atoms with Gasteiger partial charge in [-0.3, -0.25) is 0 Å². The molecule has 0 unspecified atom stereocenters. The summed E-state index contributed by atoms with van der Waals surface area (Å²) in [6.45, 7) is 4.12. The van der Waals surface area contributed by atoms with Gasteiger partial charge in [0.05, 0.1) is 18.5 Å². The van der Waals surface area contributed by atoms with Gasteiger partial charge in [0.25, 0.3) is 0 Å². The number of ether oxygens (including phenoxy) is 1. The lowest BCUT2D eigenvalue weighted by Gasteiger charge is -2.17. The standard InChI is InChI=1S/C13H21NO2S/c1-5-6-7-8-10-11(15)13(17)12(16-4)9(2)14(10)3/h15H,5-8H2,1-4H3. The first kappa shape index (κ1) is 14.0. The van der Waals surface area contributed by atoms with Gasteiger partial charge in [0, 0.05) is 7.05 Å². The van der Waals surface area contributed by atoms with Crippen molar-refractivity contribution in [1.82, 2.24) is 4.57 Å². The zero-order valence-corrected chi connectivity index (χ0v) is 11.9. The summed E-state index contributed by atoms with van der Waals surface area (Å²) in [7, 11) is 3.52. The molecule has 1 N–H and O–H groups in total. The Hall–Kier alpha value is -1.03. The first-order valence-electron chi connectivity index (χ1n) is 6.00. The Kier molecular flexibility index (Phi) is 5.00. The third kappa shape index (κ3) is 2.80. The molecule has 0 saturated heterocycles. The molecular formula is C13H21NO2S. The molecule has 1 aromatic heterocycles. The van der Waals surface area contributed by atoms with Crippen molar-refractivity contribution in [3.8, 4) is 11.5 Å². The van der Waals surface area contributed by atoms with E-state index in [2.05, 4.69) is 6.92 Å². The van der Waals surface area contributed by atoms with Crippen molar-refractivity contribution in [2.45, 2.75) is 39.5 Å². The molecule has 4 heteroatoms. The van der Waals surface area contributed by atoms with E-state index in [1.165, 1.54) is 6.42 Å². The predicted molar refractivity (Wildman–Crippen MR) is 72.4 cm³/mol. The maximum absolute atomic E-state index is 10.1. The number of pyridine rings is 1. The summed E-state index contributed by atoms with van der Waals surface area (Å²) in [5.41, 5.74) is 1.86. The summed E-state index contributed by atoms with van der Waals surface area (Å²) in [5, 5.41) is 10.1. The number of hydrogen-bond donors (Lipinski definition) is 1. The summed E-state index contributed by atoms with van der Waals surface area (Å²) >= 11 is 5.22.